The third kappa shape index (κ3) is 2.10. The monoisotopic (exact) mass is 334 g/mol. The van der Waals surface area contributed by atoms with Crippen LogP contribution in [0.15, 0.2) is 71.3 Å². The number of benzene rings is 2. The summed E-state index contributed by atoms with van der Waals surface area (Å²) in [4.78, 5) is 9.29. The molecule has 21 heavy (non-hydrogen) atoms. The van der Waals surface area contributed by atoms with Gasteiger partial charge in [-0.2, -0.15) is 0 Å². The van der Waals surface area contributed by atoms with Gasteiger partial charge in [0.25, 0.3) is 0 Å². The third-order valence-corrected chi connectivity index (χ3v) is 4.29. The summed E-state index contributed by atoms with van der Waals surface area (Å²) in [6.45, 7) is 0. The van der Waals surface area contributed by atoms with E-state index in [2.05, 4.69) is 39.1 Å². The molecule has 0 atom stereocenters. The van der Waals surface area contributed by atoms with Crippen molar-refractivity contribution in [2.24, 2.45) is 0 Å². The van der Waals surface area contributed by atoms with Crippen LogP contribution in [0.25, 0.3) is 33.1 Å². The second-order valence-corrected chi connectivity index (χ2v) is 5.74. The maximum atomic E-state index is 4.75. The summed E-state index contributed by atoms with van der Waals surface area (Å²) in [6, 6.07) is 20.4. The van der Waals surface area contributed by atoms with E-state index in [4.69, 9.17) is 4.98 Å². The lowest BCUT2D eigenvalue weighted by Crippen LogP contribution is -1.90. The van der Waals surface area contributed by atoms with E-state index in [9.17, 15) is 0 Å². The summed E-state index contributed by atoms with van der Waals surface area (Å²) in [6.07, 6.45) is 1.83. The molecule has 0 saturated heterocycles. The van der Waals surface area contributed by atoms with E-state index in [1.165, 1.54) is 0 Å². The van der Waals surface area contributed by atoms with E-state index in [0.717, 1.165) is 37.5 Å². The second kappa shape index (κ2) is 4.93. The van der Waals surface area contributed by atoms with Gasteiger partial charge in [-0.25, -0.2) is 4.98 Å². The minimum atomic E-state index is 0.900. The Morgan fingerprint density at radius 1 is 0.762 bits per heavy atom. The van der Waals surface area contributed by atoms with Crippen molar-refractivity contribution in [2.45, 2.75) is 0 Å². The van der Waals surface area contributed by atoms with Crippen LogP contribution in [0, 0.1) is 0 Å². The average molecular weight is 335 g/mol. The van der Waals surface area contributed by atoms with Crippen LogP contribution < -0.4 is 0 Å². The Morgan fingerprint density at radius 3 is 2.62 bits per heavy atom. The van der Waals surface area contributed by atoms with Gasteiger partial charge in [0.05, 0.1) is 16.9 Å². The van der Waals surface area contributed by atoms with Gasteiger partial charge >= 0.3 is 0 Å². The van der Waals surface area contributed by atoms with E-state index in [-0.39, 0.29) is 0 Å². The van der Waals surface area contributed by atoms with Gasteiger partial charge in [0, 0.05) is 21.4 Å². The van der Waals surface area contributed by atoms with Crippen molar-refractivity contribution in [3.8, 4) is 11.4 Å². The Labute approximate surface area is 130 Å². The Balaban J connectivity index is 2.02. The van der Waals surface area contributed by atoms with Crippen molar-refractivity contribution in [3.63, 3.8) is 0 Å². The number of hydrogen-bond donors (Lipinski definition) is 0. The van der Waals surface area contributed by atoms with Crippen molar-refractivity contribution >= 4 is 37.6 Å². The van der Waals surface area contributed by atoms with Crippen LogP contribution >= 0.6 is 15.9 Å². The van der Waals surface area contributed by atoms with Crippen LogP contribution in [0.5, 0.6) is 0 Å². The summed E-state index contributed by atoms with van der Waals surface area (Å²) >= 11 is 3.60. The molecule has 2 aromatic heterocycles. The minimum absolute atomic E-state index is 0.900. The van der Waals surface area contributed by atoms with E-state index >= 15 is 0 Å². The Hall–Kier alpha value is -2.26. The molecule has 100 valence electrons. The molecule has 0 aliphatic rings. The number of fused-ring (bicyclic) bond motifs is 2. The maximum absolute atomic E-state index is 4.75. The Kier molecular flexibility index (Phi) is 2.93. The Bertz CT molecular complexity index is 963. The van der Waals surface area contributed by atoms with Crippen molar-refractivity contribution in [2.75, 3.05) is 0 Å². The van der Waals surface area contributed by atoms with Gasteiger partial charge in [-0.1, -0.05) is 52.3 Å². The molecule has 3 heteroatoms. The molecule has 2 aromatic carbocycles. The highest BCUT2D eigenvalue weighted by molar-refractivity contribution is 9.10. The summed E-state index contributed by atoms with van der Waals surface area (Å²) in [5, 5.41) is 3.40. The summed E-state index contributed by atoms with van der Waals surface area (Å²) < 4.78 is 1.07. The van der Waals surface area contributed by atoms with E-state index in [1.54, 1.807) is 0 Å². The molecule has 0 saturated carbocycles. The first kappa shape index (κ1) is 12.5. The van der Waals surface area contributed by atoms with Crippen LogP contribution in [-0.2, 0) is 0 Å². The highest BCUT2D eigenvalue weighted by Gasteiger charge is 2.08. The molecule has 0 aliphatic heterocycles. The fourth-order valence-electron chi connectivity index (χ4n) is 2.57. The van der Waals surface area contributed by atoms with Crippen molar-refractivity contribution < 1.29 is 0 Å². The number of pyridine rings is 2. The lowest BCUT2D eigenvalue weighted by molar-refractivity contribution is 1.30. The van der Waals surface area contributed by atoms with Crippen LogP contribution in [0.4, 0.5) is 0 Å². The smallest absolute Gasteiger partial charge is 0.0965 e. The summed E-state index contributed by atoms with van der Waals surface area (Å²) in [5.74, 6) is 0. The van der Waals surface area contributed by atoms with Crippen LogP contribution in [0.1, 0.15) is 0 Å². The fraction of sp³-hybridized carbons (Fsp3) is 0. The molecule has 2 heterocycles. The molecule has 2 nitrogen and oxygen atoms in total. The van der Waals surface area contributed by atoms with Gasteiger partial charge in [0.1, 0.15) is 0 Å². The van der Waals surface area contributed by atoms with Gasteiger partial charge in [0.2, 0.25) is 0 Å². The zero-order valence-electron chi connectivity index (χ0n) is 11.1. The fourth-order valence-corrected chi connectivity index (χ4v) is 3.07. The average Bonchev–Trinajstić information content (AvgIpc) is 2.54. The number of hydrogen-bond acceptors (Lipinski definition) is 2. The second-order valence-electron chi connectivity index (χ2n) is 4.88. The molecule has 0 unspecified atom stereocenters. The third-order valence-electron chi connectivity index (χ3n) is 3.59. The zero-order chi connectivity index (χ0) is 14.2. The standard InChI is InChI=1S/C18H11BrN2/c19-15-6-3-5-14-13(15)10-11-20-18(14)17-9-8-12-4-1-2-7-16(12)21-17/h1-11H. The number of nitrogens with zero attached hydrogens (tertiary/aromatic N) is 2. The molecular formula is C18H11BrN2. The van der Waals surface area contributed by atoms with Gasteiger partial charge in [-0.05, 0) is 29.7 Å². The zero-order valence-corrected chi connectivity index (χ0v) is 12.7. The first-order chi connectivity index (χ1) is 10.3. The summed E-state index contributed by atoms with van der Waals surface area (Å²) in [7, 11) is 0. The van der Waals surface area contributed by atoms with Crippen LogP contribution in [0.3, 0.4) is 0 Å². The highest BCUT2D eigenvalue weighted by Crippen LogP contribution is 2.30. The maximum Gasteiger partial charge on any atom is 0.0965 e. The quantitative estimate of drug-likeness (QED) is 0.477. The largest absolute Gasteiger partial charge is 0.254 e. The summed E-state index contributed by atoms with van der Waals surface area (Å²) in [5.41, 5.74) is 2.81. The van der Waals surface area contributed by atoms with Crippen molar-refractivity contribution in [3.05, 3.63) is 71.3 Å². The molecule has 4 aromatic rings. The lowest BCUT2D eigenvalue weighted by Gasteiger charge is -2.07. The number of aromatic nitrogens is 2. The van der Waals surface area contributed by atoms with Gasteiger partial charge < -0.3 is 0 Å². The molecule has 0 amide bonds. The van der Waals surface area contributed by atoms with Gasteiger partial charge in [-0.15, -0.1) is 0 Å². The predicted molar refractivity (Wildman–Crippen MR) is 90.2 cm³/mol. The van der Waals surface area contributed by atoms with E-state index < -0.39 is 0 Å². The molecular weight excluding hydrogens is 324 g/mol. The van der Waals surface area contributed by atoms with E-state index in [1.807, 2.05) is 48.7 Å². The predicted octanol–water partition coefficient (Wildman–Crippen LogP) is 5.21. The number of rotatable bonds is 1. The van der Waals surface area contributed by atoms with Crippen molar-refractivity contribution in [1.29, 1.82) is 0 Å². The lowest BCUT2D eigenvalue weighted by atomic mass is 10.1. The molecule has 4 rings (SSSR count). The first-order valence-corrected chi connectivity index (χ1v) is 7.52. The molecule has 0 spiro atoms. The highest BCUT2D eigenvalue weighted by atomic mass is 79.9. The van der Waals surface area contributed by atoms with E-state index in [0.29, 0.717) is 0 Å². The number of halogens is 1. The SMILES string of the molecule is Brc1cccc2c(-c3ccc4ccccc4n3)nccc12. The Morgan fingerprint density at radius 2 is 1.67 bits per heavy atom. The molecule has 0 fully saturated rings. The van der Waals surface area contributed by atoms with Gasteiger partial charge in [-0.3, -0.25) is 4.98 Å². The minimum Gasteiger partial charge on any atom is -0.254 e. The normalized spacial score (nSPS) is 11.1. The molecule has 0 bridgehead atoms. The molecule has 0 N–H and O–H groups in total. The number of para-hydroxylation sites is 1. The van der Waals surface area contributed by atoms with Crippen molar-refractivity contribution in [1.82, 2.24) is 9.97 Å². The van der Waals surface area contributed by atoms with Crippen LogP contribution in [-0.4, -0.2) is 9.97 Å². The molecule has 0 radical (unpaired) electrons. The molecule has 0 aliphatic carbocycles. The van der Waals surface area contributed by atoms with Gasteiger partial charge in [0.15, 0.2) is 0 Å². The first-order valence-electron chi connectivity index (χ1n) is 6.72. The topological polar surface area (TPSA) is 25.8 Å². The van der Waals surface area contributed by atoms with Crippen LogP contribution in [0.2, 0.25) is 0 Å².